The molecule has 0 aliphatic rings. The molecule has 0 N–H and O–H groups in total. The van der Waals surface area contributed by atoms with E-state index in [1.807, 2.05) is 36.0 Å². The molecule has 0 saturated carbocycles. The lowest BCUT2D eigenvalue weighted by Gasteiger charge is -2.11. The fourth-order valence-electron chi connectivity index (χ4n) is 2.34. The molecular weight excluding hydrogens is 342 g/mol. The zero-order valence-corrected chi connectivity index (χ0v) is 15.5. The van der Waals surface area contributed by atoms with Crippen molar-refractivity contribution in [1.82, 2.24) is 4.98 Å². The van der Waals surface area contributed by atoms with Gasteiger partial charge in [-0.05, 0) is 29.7 Å². The fraction of sp³-hybridized carbons (Fsp3) is 0.211. The highest BCUT2D eigenvalue weighted by molar-refractivity contribution is 7.98. The summed E-state index contributed by atoms with van der Waals surface area (Å²) in [4.78, 5) is 6.10. The lowest BCUT2D eigenvalue weighted by atomic mass is 10.0. The molecule has 0 aliphatic carbocycles. The summed E-state index contributed by atoms with van der Waals surface area (Å²) in [6.07, 6.45) is 0. The molecular formula is C19H18ClNS2. The van der Waals surface area contributed by atoms with Gasteiger partial charge >= 0.3 is 0 Å². The van der Waals surface area contributed by atoms with E-state index in [0.717, 1.165) is 27.0 Å². The number of benzene rings is 2. The molecule has 0 radical (unpaired) electrons. The summed E-state index contributed by atoms with van der Waals surface area (Å²) in [5.74, 6) is 1.44. The Hall–Kier alpha value is -1.29. The average molecular weight is 360 g/mol. The van der Waals surface area contributed by atoms with Crippen LogP contribution in [-0.2, 0) is 5.75 Å². The third-order valence-corrected chi connectivity index (χ3v) is 5.87. The third-order valence-electron chi connectivity index (χ3n) is 3.56. The highest BCUT2D eigenvalue weighted by atomic mass is 35.5. The minimum absolute atomic E-state index is 0.541. The first-order valence-corrected chi connectivity index (χ1v) is 9.80. The Kier molecular flexibility index (Phi) is 5.42. The molecule has 1 heterocycles. The zero-order valence-electron chi connectivity index (χ0n) is 13.1. The van der Waals surface area contributed by atoms with Gasteiger partial charge in [0.2, 0.25) is 0 Å². The van der Waals surface area contributed by atoms with E-state index in [1.165, 1.54) is 10.5 Å². The molecule has 0 unspecified atom stereocenters. The maximum atomic E-state index is 5.94. The number of aromatic nitrogens is 1. The summed E-state index contributed by atoms with van der Waals surface area (Å²) in [6, 6.07) is 16.5. The van der Waals surface area contributed by atoms with Gasteiger partial charge in [0.05, 0.1) is 5.69 Å². The molecule has 0 spiro atoms. The lowest BCUT2D eigenvalue weighted by molar-refractivity contribution is 0.842. The topological polar surface area (TPSA) is 12.9 Å². The molecule has 0 aliphatic heterocycles. The normalized spacial score (nSPS) is 11.1. The van der Waals surface area contributed by atoms with E-state index in [0.29, 0.717) is 5.92 Å². The fourth-order valence-corrected chi connectivity index (χ4v) is 4.49. The van der Waals surface area contributed by atoms with Crippen molar-refractivity contribution in [2.75, 3.05) is 0 Å². The first kappa shape index (κ1) is 16.6. The SMILES string of the molecule is CC(C)c1ccccc1SCc1csc(-c2ccc(Cl)cc2)n1. The first-order chi connectivity index (χ1) is 11.1. The van der Waals surface area contributed by atoms with Crippen LogP contribution < -0.4 is 0 Å². The summed E-state index contributed by atoms with van der Waals surface area (Å²) in [5.41, 5.74) is 3.66. The quantitative estimate of drug-likeness (QED) is 0.460. The highest BCUT2D eigenvalue weighted by Crippen LogP contribution is 2.32. The van der Waals surface area contributed by atoms with Gasteiger partial charge < -0.3 is 0 Å². The van der Waals surface area contributed by atoms with Gasteiger partial charge in [0.25, 0.3) is 0 Å². The van der Waals surface area contributed by atoms with Crippen molar-refractivity contribution in [3.8, 4) is 10.6 Å². The number of hydrogen-bond donors (Lipinski definition) is 0. The van der Waals surface area contributed by atoms with Gasteiger partial charge in [0, 0.05) is 26.6 Å². The van der Waals surface area contributed by atoms with Crippen molar-refractivity contribution in [3.05, 3.63) is 70.2 Å². The molecule has 1 aromatic heterocycles. The molecule has 3 aromatic rings. The van der Waals surface area contributed by atoms with Crippen LogP contribution in [0.4, 0.5) is 0 Å². The monoisotopic (exact) mass is 359 g/mol. The summed E-state index contributed by atoms with van der Waals surface area (Å²) in [5, 5.41) is 3.95. The summed E-state index contributed by atoms with van der Waals surface area (Å²) in [7, 11) is 0. The van der Waals surface area contributed by atoms with Gasteiger partial charge in [0.15, 0.2) is 0 Å². The standard InChI is InChI=1S/C19H18ClNS2/c1-13(2)17-5-3-4-6-18(17)22-11-16-12-23-19(21-16)14-7-9-15(20)10-8-14/h3-10,12-13H,11H2,1-2H3. The van der Waals surface area contributed by atoms with E-state index in [2.05, 4.69) is 43.5 Å². The number of thioether (sulfide) groups is 1. The van der Waals surface area contributed by atoms with Gasteiger partial charge in [-0.1, -0.05) is 55.8 Å². The van der Waals surface area contributed by atoms with Crippen LogP contribution in [0.25, 0.3) is 10.6 Å². The predicted molar refractivity (Wildman–Crippen MR) is 103 cm³/mol. The van der Waals surface area contributed by atoms with E-state index in [-0.39, 0.29) is 0 Å². The largest absolute Gasteiger partial charge is 0.240 e. The van der Waals surface area contributed by atoms with Crippen molar-refractivity contribution >= 4 is 34.7 Å². The molecule has 0 saturated heterocycles. The molecule has 1 nitrogen and oxygen atoms in total. The van der Waals surface area contributed by atoms with Gasteiger partial charge in [-0.15, -0.1) is 23.1 Å². The second-order valence-electron chi connectivity index (χ2n) is 5.63. The van der Waals surface area contributed by atoms with Crippen molar-refractivity contribution in [3.63, 3.8) is 0 Å². The number of halogens is 1. The van der Waals surface area contributed by atoms with Crippen LogP contribution in [0, 0.1) is 0 Å². The van der Waals surface area contributed by atoms with Gasteiger partial charge in [-0.2, -0.15) is 0 Å². The van der Waals surface area contributed by atoms with E-state index in [9.17, 15) is 0 Å². The predicted octanol–water partition coefficient (Wildman–Crippen LogP) is 6.88. The molecule has 0 bridgehead atoms. The average Bonchev–Trinajstić information content (AvgIpc) is 3.03. The summed E-state index contributed by atoms with van der Waals surface area (Å²) >= 11 is 9.49. The van der Waals surface area contributed by atoms with Crippen LogP contribution in [0.15, 0.2) is 58.8 Å². The van der Waals surface area contributed by atoms with Gasteiger partial charge in [-0.25, -0.2) is 4.98 Å². The molecule has 118 valence electrons. The van der Waals surface area contributed by atoms with Crippen LogP contribution in [0.1, 0.15) is 31.0 Å². The molecule has 0 fully saturated rings. The second kappa shape index (κ2) is 7.52. The Balaban J connectivity index is 1.72. The second-order valence-corrected chi connectivity index (χ2v) is 7.94. The van der Waals surface area contributed by atoms with Crippen LogP contribution in [0.5, 0.6) is 0 Å². The van der Waals surface area contributed by atoms with Crippen molar-refractivity contribution < 1.29 is 0 Å². The first-order valence-electron chi connectivity index (χ1n) is 7.55. The Morgan fingerprint density at radius 3 is 2.57 bits per heavy atom. The van der Waals surface area contributed by atoms with E-state index in [1.54, 1.807) is 11.3 Å². The zero-order chi connectivity index (χ0) is 16.2. The number of thiazole rings is 1. The molecule has 0 amide bonds. The van der Waals surface area contributed by atoms with Crippen LogP contribution >= 0.6 is 34.7 Å². The van der Waals surface area contributed by atoms with Crippen LogP contribution in [0.3, 0.4) is 0 Å². The Morgan fingerprint density at radius 1 is 1.09 bits per heavy atom. The maximum Gasteiger partial charge on any atom is 0.123 e. The molecule has 4 heteroatoms. The van der Waals surface area contributed by atoms with E-state index < -0.39 is 0 Å². The Bertz CT molecular complexity index is 778. The smallest absolute Gasteiger partial charge is 0.123 e. The Morgan fingerprint density at radius 2 is 1.83 bits per heavy atom. The third kappa shape index (κ3) is 4.17. The molecule has 3 rings (SSSR count). The number of rotatable bonds is 5. The van der Waals surface area contributed by atoms with Gasteiger partial charge in [-0.3, -0.25) is 0 Å². The van der Waals surface area contributed by atoms with Crippen molar-refractivity contribution in [2.45, 2.75) is 30.4 Å². The highest BCUT2D eigenvalue weighted by Gasteiger charge is 2.09. The van der Waals surface area contributed by atoms with Crippen molar-refractivity contribution in [1.29, 1.82) is 0 Å². The summed E-state index contributed by atoms with van der Waals surface area (Å²) < 4.78 is 0. The van der Waals surface area contributed by atoms with Crippen LogP contribution in [-0.4, -0.2) is 4.98 Å². The number of hydrogen-bond acceptors (Lipinski definition) is 3. The Labute approximate surface area is 150 Å². The maximum absolute atomic E-state index is 5.94. The van der Waals surface area contributed by atoms with E-state index in [4.69, 9.17) is 16.6 Å². The minimum Gasteiger partial charge on any atom is -0.240 e. The van der Waals surface area contributed by atoms with Crippen molar-refractivity contribution in [2.24, 2.45) is 0 Å². The summed E-state index contributed by atoms with van der Waals surface area (Å²) in [6.45, 7) is 4.47. The lowest BCUT2D eigenvalue weighted by Crippen LogP contribution is -1.91. The van der Waals surface area contributed by atoms with Gasteiger partial charge in [0.1, 0.15) is 5.01 Å². The number of nitrogens with zero attached hydrogens (tertiary/aromatic N) is 1. The van der Waals surface area contributed by atoms with E-state index >= 15 is 0 Å². The molecule has 23 heavy (non-hydrogen) atoms. The minimum atomic E-state index is 0.541. The molecule has 0 atom stereocenters. The molecule has 2 aromatic carbocycles. The van der Waals surface area contributed by atoms with Crippen LogP contribution in [0.2, 0.25) is 5.02 Å².